The summed E-state index contributed by atoms with van der Waals surface area (Å²) in [7, 11) is 0. The molecule has 0 aliphatic carbocycles. The highest BCUT2D eigenvalue weighted by atomic mass is 16.5. The lowest BCUT2D eigenvalue weighted by atomic mass is 9.98. The van der Waals surface area contributed by atoms with E-state index in [4.69, 9.17) is 4.52 Å². The molecule has 6 nitrogen and oxygen atoms in total. The normalized spacial score (nSPS) is 18.5. The molecule has 130 valence electrons. The van der Waals surface area contributed by atoms with Gasteiger partial charge in [0.2, 0.25) is 11.7 Å². The van der Waals surface area contributed by atoms with E-state index in [9.17, 15) is 0 Å². The first-order valence-corrected chi connectivity index (χ1v) is 8.95. The first-order valence-electron chi connectivity index (χ1n) is 8.95. The van der Waals surface area contributed by atoms with E-state index in [1.165, 1.54) is 0 Å². The Hall–Kier alpha value is -2.47. The van der Waals surface area contributed by atoms with Gasteiger partial charge in [-0.3, -0.25) is 9.58 Å². The van der Waals surface area contributed by atoms with E-state index >= 15 is 0 Å². The second-order valence-corrected chi connectivity index (χ2v) is 6.56. The molecule has 1 fully saturated rings. The van der Waals surface area contributed by atoms with Gasteiger partial charge < -0.3 is 4.52 Å². The van der Waals surface area contributed by atoms with E-state index in [1.807, 2.05) is 41.2 Å². The molecule has 3 heterocycles. The Labute approximate surface area is 147 Å². The van der Waals surface area contributed by atoms with Gasteiger partial charge in [-0.2, -0.15) is 10.1 Å². The first kappa shape index (κ1) is 16.0. The van der Waals surface area contributed by atoms with Crippen molar-refractivity contribution in [2.75, 3.05) is 13.1 Å². The number of hydrogen-bond acceptors (Lipinski definition) is 5. The molecular formula is C19H23N5O. The average Bonchev–Trinajstić information content (AvgIpc) is 3.32. The van der Waals surface area contributed by atoms with Gasteiger partial charge in [-0.05, 0) is 32.4 Å². The lowest BCUT2D eigenvalue weighted by molar-refractivity contribution is 0.178. The number of piperidine rings is 1. The zero-order valence-electron chi connectivity index (χ0n) is 14.5. The minimum Gasteiger partial charge on any atom is -0.339 e. The third-order valence-corrected chi connectivity index (χ3v) is 4.73. The fraction of sp³-hybridized carbons (Fsp3) is 0.421. The van der Waals surface area contributed by atoms with Crippen LogP contribution in [0.5, 0.6) is 0 Å². The Morgan fingerprint density at radius 2 is 2.08 bits per heavy atom. The summed E-state index contributed by atoms with van der Waals surface area (Å²) in [6.07, 6.45) is 4.28. The summed E-state index contributed by atoms with van der Waals surface area (Å²) >= 11 is 0. The lowest BCUT2D eigenvalue weighted by Gasteiger charge is -2.30. The number of rotatable bonds is 5. The first-order chi connectivity index (χ1) is 12.3. The highest BCUT2D eigenvalue weighted by Gasteiger charge is 2.26. The summed E-state index contributed by atoms with van der Waals surface area (Å²) in [6.45, 7) is 5.92. The molecule has 1 aliphatic heterocycles. The van der Waals surface area contributed by atoms with Gasteiger partial charge in [-0.15, -0.1) is 0 Å². The molecule has 1 unspecified atom stereocenters. The Kier molecular flexibility index (Phi) is 4.61. The Morgan fingerprint density at radius 3 is 2.88 bits per heavy atom. The van der Waals surface area contributed by atoms with Crippen LogP contribution < -0.4 is 0 Å². The molecule has 2 aromatic heterocycles. The molecule has 0 saturated carbocycles. The zero-order chi connectivity index (χ0) is 17.1. The van der Waals surface area contributed by atoms with Gasteiger partial charge in [0.05, 0.1) is 11.6 Å². The van der Waals surface area contributed by atoms with Crippen molar-refractivity contribution in [2.45, 2.75) is 38.8 Å². The van der Waals surface area contributed by atoms with Crippen molar-refractivity contribution >= 4 is 0 Å². The summed E-state index contributed by atoms with van der Waals surface area (Å²) in [5.41, 5.74) is 2.12. The maximum Gasteiger partial charge on any atom is 0.231 e. The van der Waals surface area contributed by atoms with Gasteiger partial charge in [-0.25, -0.2) is 0 Å². The molecule has 0 N–H and O–H groups in total. The van der Waals surface area contributed by atoms with Gasteiger partial charge in [-0.1, -0.05) is 35.5 Å². The Bertz CT molecular complexity index is 810. The van der Waals surface area contributed by atoms with Crippen LogP contribution in [0.15, 0.2) is 47.1 Å². The van der Waals surface area contributed by atoms with Crippen LogP contribution in [-0.2, 0) is 13.1 Å². The van der Waals surface area contributed by atoms with Crippen LogP contribution in [-0.4, -0.2) is 37.9 Å². The van der Waals surface area contributed by atoms with E-state index in [-0.39, 0.29) is 0 Å². The third-order valence-electron chi connectivity index (χ3n) is 4.73. The standard InChI is InChI=1S/C19H23N5O/c1-2-24-12-10-17(21-24)14-23-11-6-9-16(13-23)19-20-18(22-25-19)15-7-4-3-5-8-15/h3-5,7-8,10,12,16H,2,6,9,11,13-14H2,1H3. The topological polar surface area (TPSA) is 60.0 Å². The third kappa shape index (κ3) is 3.64. The second-order valence-electron chi connectivity index (χ2n) is 6.56. The fourth-order valence-electron chi connectivity index (χ4n) is 3.40. The predicted octanol–water partition coefficient (Wildman–Crippen LogP) is 3.33. The highest BCUT2D eigenvalue weighted by Crippen LogP contribution is 2.28. The molecule has 0 amide bonds. The average molecular weight is 337 g/mol. The number of likely N-dealkylation sites (tertiary alicyclic amines) is 1. The van der Waals surface area contributed by atoms with Gasteiger partial charge in [0.1, 0.15) is 0 Å². The predicted molar refractivity (Wildman–Crippen MR) is 94.9 cm³/mol. The van der Waals surface area contributed by atoms with Crippen LogP contribution >= 0.6 is 0 Å². The molecule has 1 saturated heterocycles. The molecule has 0 radical (unpaired) electrons. The van der Waals surface area contributed by atoms with Gasteiger partial charge in [0.25, 0.3) is 0 Å². The zero-order valence-corrected chi connectivity index (χ0v) is 14.5. The second kappa shape index (κ2) is 7.19. The van der Waals surface area contributed by atoms with Crippen LogP contribution in [0, 0.1) is 0 Å². The van der Waals surface area contributed by atoms with Crippen molar-refractivity contribution in [3.63, 3.8) is 0 Å². The van der Waals surface area contributed by atoms with E-state index in [2.05, 4.69) is 33.1 Å². The molecule has 1 aromatic carbocycles. The van der Waals surface area contributed by atoms with Crippen molar-refractivity contribution in [1.29, 1.82) is 0 Å². The number of aryl methyl sites for hydroxylation is 1. The van der Waals surface area contributed by atoms with Crippen LogP contribution in [0.1, 0.15) is 37.3 Å². The summed E-state index contributed by atoms with van der Waals surface area (Å²) in [4.78, 5) is 7.07. The smallest absolute Gasteiger partial charge is 0.231 e. The molecule has 4 rings (SSSR count). The molecule has 3 aromatic rings. The van der Waals surface area contributed by atoms with Gasteiger partial charge >= 0.3 is 0 Å². The van der Waals surface area contributed by atoms with E-state index in [0.717, 1.165) is 56.2 Å². The molecular weight excluding hydrogens is 314 g/mol. The van der Waals surface area contributed by atoms with Crippen LogP contribution in [0.4, 0.5) is 0 Å². The summed E-state index contributed by atoms with van der Waals surface area (Å²) in [5, 5.41) is 8.75. The van der Waals surface area contributed by atoms with Crippen LogP contribution in [0.25, 0.3) is 11.4 Å². The van der Waals surface area contributed by atoms with Crippen molar-refractivity contribution in [3.05, 3.63) is 54.2 Å². The van der Waals surface area contributed by atoms with Crippen LogP contribution in [0.3, 0.4) is 0 Å². The van der Waals surface area contributed by atoms with Crippen molar-refractivity contribution in [2.24, 2.45) is 0 Å². The van der Waals surface area contributed by atoms with Crippen LogP contribution in [0.2, 0.25) is 0 Å². The molecule has 25 heavy (non-hydrogen) atoms. The maximum absolute atomic E-state index is 5.57. The minimum atomic E-state index is 0.298. The van der Waals surface area contributed by atoms with E-state index in [1.54, 1.807) is 0 Å². The SMILES string of the molecule is CCn1ccc(CN2CCCC(c3nc(-c4ccccc4)no3)C2)n1. The summed E-state index contributed by atoms with van der Waals surface area (Å²) < 4.78 is 7.54. The lowest BCUT2D eigenvalue weighted by Crippen LogP contribution is -2.34. The van der Waals surface area contributed by atoms with Crippen molar-refractivity contribution < 1.29 is 4.52 Å². The van der Waals surface area contributed by atoms with Crippen molar-refractivity contribution in [1.82, 2.24) is 24.8 Å². The van der Waals surface area contributed by atoms with E-state index < -0.39 is 0 Å². The highest BCUT2D eigenvalue weighted by molar-refractivity contribution is 5.53. The molecule has 0 spiro atoms. The summed E-state index contributed by atoms with van der Waals surface area (Å²) in [6, 6.07) is 12.1. The largest absolute Gasteiger partial charge is 0.339 e. The Morgan fingerprint density at radius 1 is 1.20 bits per heavy atom. The number of hydrogen-bond donors (Lipinski definition) is 0. The number of aromatic nitrogens is 4. The van der Waals surface area contributed by atoms with E-state index in [0.29, 0.717) is 11.7 Å². The Balaban J connectivity index is 1.43. The maximum atomic E-state index is 5.57. The van der Waals surface area contributed by atoms with Gasteiger partial charge in [0.15, 0.2) is 0 Å². The molecule has 1 aliphatic rings. The van der Waals surface area contributed by atoms with Crippen molar-refractivity contribution in [3.8, 4) is 11.4 Å². The quantitative estimate of drug-likeness (QED) is 0.715. The number of benzene rings is 1. The monoisotopic (exact) mass is 337 g/mol. The fourth-order valence-corrected chi connectivity index (χ4v) is 3.40. The molecule has 0 bridgehead atoms. The number of nitrogens with zero attached hydrogens (tertiary/aromatic N) is 5. The molecule has 6 heteroatoms. The summed E-state index contributed by atoms with van der Waals surface area (Å²) in [5.74, 6) is 1.73. The molecule has 1 atom stereocenters. The van der Waals surface area contributed by atoms with Gasteiger partial charge in [0, 0.05) is 31.4 Å². The minimum absolute atomic E-state index is 0.298.